The zero-order valence-corrected chi connectivity index (χ0v) is 14.7. The summed E-state index contributed by atoms with van der Waals surface area (Å²) in [7, 11) is 1.77. The molecule has 0 spiro atoms. The molecule has 0 radical (unpaired) electrons. The van der Waals surface area contributed by atoms with E-state index in [4.69, 9.17) is 20.8 Å². The number of nitrogens with zero attached hydrogens (tertiary/aromatic N) is 2. The SMILES string of the molecule is Cc1cc(OCc2ccc(/C=C/C(=O)c3ccn(C)n3)o2)ccc1Cl. The fourth-order valence-electron chi connectivity index (χ4n) is 2.21. The fourth-order valence-corrected chi connectivity index (χ4v) is 2.33. The van der Waals surface area contributed by atoms with Crippen LogP contribution in [0.4, 0.5) is 0 Å². The molecule has 6 heteroatoms. The van der Waals surface area contributed by atoms with Gasteiger partial charge in [0.05, 0.1) is 0 Å². The lowest BCUT2D eigenvalue weighted by Gasteiger charge is -2.05. The van der Waals surface area contributed by atoms with Crippen molar-refractivity contribution in [3.63, 3.8) is 0 Å². The van der Waals surface area contributed by atoms with Crippen LogP contribution in [0.15, 0.2) is 53.1 Å². The van der Waals surface area contributed by atoms with Crippen molar-refractivity contribution < 1.29 is 13.9 Å². The number of rotatable bonds is 6. The zero-order valence-electron chi connectivity index (χ0n) is 13.9. The van der Waals surface area contributed by atoms with Crippen molar-refractivity contribution in [2.24, 2.45) is 7.05 Å². The third-order valence-electron chi connectivity index (χ3n) is 3.56. The summed E-state index contributed by atoms with van der Waals surface area (Å²) in [6, 6.07) is 10.7. The number of hydrogen-bond acceptors (Lipinski definition) is 4. The molecular weight excluding hydrogens is 340 g/mol. The van der Waals surface area contributed by atoms with Gasteiger partial charge in [-0.2, -0.15) is 5.10 Å². The molecule has 0 N–H and O–H groups in total. The minimum atomic E-state index is -0.175. The molecule has 0 saturated heterocycles. The highest BCUT2D eigenvalue weighted by Crippen LogP contribution is 2.22. The predicted octanol–water partition coefficient (Wildman–Crippen LogP) is 4.45. The first-order valence-electron chi connectivity index (χ1n) is 7.71. The summed E-state index contributed by atoms with van der Waals surface area (Å²) in [5.74, 6) is 1.79. The molecule has 0 saturated carbocycles. The third kappa shape index (κ3) is 4.39. The second kappa shape index (κ2) is 7.40. The van der Waals surface area contributed by atoms with Gasteiger partial charge in [-0.1, -0.05) is 11.6 Å². The van der Waals surface area contributed by atoms with Crippen LogP contribution in [0, 0.1) is 6.92 Å². The summed E-state index contributed by atoms with van der Waals surface area (Å²) >= 11 is 5.99. The zero-order chi connectivity index (χ0) is 17.8. The molecule has 0 amide bonds. The standard InChI is InChI=1S/C19H17ClN2O3/c1-13-11-15(5-7-17(13)20)24-12-16-4-3-14(25-16)6-8-19(23)18-9-10-22(2)21-18/h3-11H,12H2,1-2H3/b8-6+. The van der Waals surface area contributed by atoms with Gasteiger partial charge in [0, 0.05) is 18.3 Å². The number of carbonyl (C=O) groups is 1. The number of aromatic nitrogens is 2. The van der Waals surface area contributed by atoms with Crippen LogP contribution < -0.4 is 4.74 Å². The summed E-state index contributed by atoms with van der Waals surface area (Å²) in [5.41, 5.74) is 1.35. The van der Waals surface area contributed by atoms with Crippen molar-refractivity contribution in [1.82, 2.24) is 9.78 Å². The van der Waals surface area contributed by atoms with E-state index in [2.05, 4.69) is 5.10 Å². The van der Waals surface area contributed by atoms with Gasteiger partial charge in [-0.25, -0.2) is 0 Å². The van der Waals surface area contributed by atoms with E-state index in [1.54, 1.807) is 42.2 Å². The molecule has 128 valence electrons. The molecule has 0 aliphatic carbocycles. The van der Waals surface area contributed by atoms with Gasteiger partial charge >= 0.3 is 0 Å². The second-order valence-corrected chi connectivity index (χ2v) is 5.98. The minimum Gasteiger partial charge on any atom is -0.486 e. The normalized spacial score (nSPS) is 11.2. The van der Waals surface area contributed by atoms with Crippen LogP contribution >= 0.6 is 11.6 Å². The molecule has 3 rings (SSSR count). The number of allylic oxidation sites excluding steroid dienone is 1. The molecule has 2 aromatic heterocycles. The first-order valence-corrected chi connectivity index (χ1v) is 8.09. The molecule has 0 aliphatic rings. The summed E-state index contributed by atoms with van der Waals surface area (Å²) < 4.78 is 12.9. The fraction of sp³-hybridized carbons (Fsp3) is 0.158. The lowest BCUT2D eigenvalue weighted by molar-refractivity contribution is 0.104. The molecule has 25 heavy (non-hydrogen) atoms. The number of halogens is 1. The molecule has 0 fully saturated rings. The number of ether oxygens (including phenoxy) is 1. The maximum Gasteiger partial charge on any atom is 0.206 e. The van der Waals surface area contributed by atoms with Gasteiger partial charge in [-0.15, -0.1) is 0 Å². The van der Waals surface area contributed by atoms with Crippen LogP contribution in [-0.2, 0) is 13.7 Å². The summed E-state index contributed by atoms with van der Waals surface area (Å²) in [4.78, 5) is 12.0. The van der Waals surface area contributed by atoms with Crippen LogP contribution in [0.1, 0.15) is 27.6 Å². The Balaban J connectivity index is 1.59. The largest absolute Gasteiger partial charge is 0.486 e. The van der Waals surface area contributed by atoms with Gasteiger partial charge in [-0.05, 0) is 61.0 Å². The van der Waals surface area contributed by atoms with E-state index in [0.29, 0.717) is 28.8 Å². The highest BCUT2D eigenvalue weighted by atomic mass is 35.5. The van der Waals surface area contributed by atoms with Gasteiger partial charge in [0.15, 0.2) is 0 Å². The van der Waals surface area contributed by atoms with Crippen molar-refractivity contribution >= 4 is 23.5 Å². The Morgan fingerprint density at radius 1 is 1.32 bits per heavy atom. The molecule has 1 aromatic carbocycles. The van der Waals surface area contributed by atoms with Gasteiger partial charge in [0.25, 0.3) is 0 Å². The van der Waals surface area contributed by atoms with Crippen molar-refractivity contribution in [3.05, 3.63) is 76.5 Å². The Labute approximate surface area is 150 Å². The van der Waals surface area contributed by atoms with E-state index in [0.717, 1.165) is 11.3 Å². The summed E-state index contributed by atoms with van der Waals surface area (Å²) in [6.45, 7) is 2.21. The van der Waals surface area contributed by atoms with Crippen molar-refractivity contribution in [3.8, 4) is 5.75 Å². The van der Waals surface area contributed by atoms with Gasteiger partial charge < -0.3 is 9.15 Å². The van der Waals surface area contributed by atoms with Crippen molar-refractivity contribution in [2.45, 2.75) is 13.5 Å². The molecule has 0 bridgehead atoms. The maximum absolute atomic E-state index is 12.0. The molecule has 2 heterocycles. The van der Waals surface area contributed by atoms with E-state index in [-0.39, 0.29) is 5.78 Å². The first kappa shape index (κ1) is 17.0. The van der Waals surface area contributed by atoms with Crippen LogP contribution in [0.3, 0.4) is 0 Å². The highest BCUT2D eigenvalue weighted by Gasteiger charge is 2.06. The number of furan rings is 1. The smallest absolute Gasteiger partial charge is 0.206 e. The molecule has 5 nitrogen and oxygen atoms in total. The summed E-state index contributed by atoms with van der Waals surface area (Å²) in [5, 5.41) is 4.76. The van der Waals surface area contributed by atoms with Crippen LogP contribution in [0.25, 0.3) is 6.08 Å². The van der Waals surface area contributed by atoms with Crippen LogP contribution in [0.2, 0.25) is 5.02 Å². The van der Waals surface area contributed by atoms with Gasteiger partial charge in [-0.3, -0.25) is 9.48 Å². The quantitative estimate of drug-likeness (QED) is 0.483. The van der Waals surface area contributed by atoms with E-state index >= 15 is 0 Å². The molecular formula is C19H17ClN2O3. The van der Waals surface area contributed by atoms with E-state index in [9.17, 15) is 4.79 Å². The highest BCUT2D eigenvalue weighted by molar-refractivity contribution is 6.31. The lowest BCUT2D eigenvalue weighted by Crippen LogP contribution is -1.97. The third-order valence-corrected chi connectivity index (χ3v) is 3.98. The summed E-state index contributed by atoms with van der Waals surface area (Å²) in [6.07, 6.45) is 4.78. The number of hydrogen-bond donors (Lipinski definition) is 0. The Morgan fingerprint density at radius 3 is 2.88 bits per heavy atom. The monoisotopic (exact) mass is 356 g/mol. The van der Waals surface area contributed by atoms with Gasteiger partial charge in [0.2, 0.25) is 5.78 Å². The van der Waals surface area contributed by atoms with E-state index in [1.165, 1.54) is 6.08 Å². The van der Waals surface area contributed by atoms with E-state index in [1.807, 2.05) is 25.1 Å². The Kier molecular flexibility index (Phi) is 5.05. The van der Waals surface area contributed by atoms with Gasteiger partial charge in [0.1, 0.15) is 29.6 Å². The number of benzene rings is 1. The predicted molar refractivity (Wildman–Crippen MR) is 95.8 cm³/mol. The topological polar surface area (TPSA) is 57.3 Å². The Morgan fingerprint density at radius 2 is 2.16 bits per heavy atom. The molecule has 3 aromatic rings. The lowest BCUT2D eigenvalue weighted by atomic mass is 10.2. The van der Waals surface area contributed by atoms with Crippen LogP contribution in [0.5, 0.6) is 5.75 Å². The number of aryl methyl sites for hydroxylation is 2. The van der Waals surface area contributed by atoms with Crippen LogP contribution in [-0.4, -0.2) is 15.6 Å². The van der Waals surface area contributed by atoms with Crippen molar-refractivity contribution in [1.29, 1.82) is 0 Å². The Hall–Kier alpha value is -2.79. The average molecular weight is 357 g/mol. The number of carbonyl (C=O) groups excluding carboxylic acids is 1. The minimum absolute atomic E-state index is 0.175. The molecule has 0 aliphatic heterocycles. The Bertz CT molecular complexity index is 924. The van der Waals surface area contributed by atoms with E-state index < -0.39 is 0 Å². The first-order chi connectivity index (χ1) is 12.0. The molecule has 0 unspecified atom stereocenters. The molecule has 0 atom stereocenters. The van der Waals surface area contributed by atoms with Crippen molar-refractivity contribution in [2.75, 3.05) is 0 Å². The maximum atomic E-state index is 12.0. The number of ketones is 1. The average Bonchev–Trinajstić information content (AvgIpc) is 3.23. The second-order valence-electron chi connectivity index (χ2n) is 5.58.